The molecule has 0 radical (unpaired) electrons. The zero-order valence-electron chi connectivity index (χ0n) is 13.3. The molecular formula is C17H24BrCl2N3. The van der Waals surface area contributed by atoms with Crippen molar-refractivity contribution >= 4 is 51.6 Å². The highest BCUT2D eigenvalue weighted by atomic mass is 79.9. The molecule has 3 rings (SSSR count). The molecule has 0 saturated carbocycles. The van der Waals surface area contributed by atoms with Gasteiger partial charge in [0.05, 0.1) is 0 Å². The Balaban J connectivity index is 0.00000132. The Morgan fingerprint density at radius 2 is 2.00 bits per heavy atom. The number of aromatic nitrogens is 1. The molecule has 2 heterocycles. The first-order valence-electron chi connectivity index (χ1n) is 7.51. The van der Waals surface area contributed by atoms with Crippen molar-refractivity contribution in [2.75, 3.05) is 26.2 Å². The van der Waals surface area contributed by atoms with Crippen LogP contribution in [0.3, 0.4) is 0 Å². The van der Waals surface area contributed by atoms with E-state index in [-0.39, 0.29) is 24.8 Å². The van der Waals surface area contributed by atoms with Crippen molar-refractivity contribution in [3.63, 3.8) is 0 Å². The molecule has 1 saturated heterocycles. The van der Waals surface area contributed by atoms with Crippen LogP contribution < -0.4 is 5.32 Å². The lowest BCUT2D eigenvalue weighted by molar-refractivity contribution is 0.173. The van der Waals surface area contributed by atoms with Gasteiger partial charge in [-0.3, -0.25) is 4.90 Å². The number of aromatic amines is 1. The summed E-state index contributed by atoms with van der Waals surface area (Å²) in [5, 5.41) is 4.75. The molecule has 0 aliphatic carbocycles. The van der Waals surface area contributed by atoms with Gasteiger partial charge in [0.25, 0.3) is 0 Å². The van der Waals surface area contributed by atoms with Crippen molar-refractivity contribution in [1.29, 1.82) is 0 Å². The number of hydrogen-bond acceptors (Lipinski definition) is 2. The van der Waals surface area contributed by atoms with E-state index in [9.17, 15) is 0 Å². The van der Waals surface area contributed by atoms with Crippen LogP contribution in [-0.4, -0.2) is 36.1 Å². The number of benzene rings is 1. The van der Waals surface area contributed by atoms with Crippen molar-refractivity contribution in [2.45, 2.75) is 19.4 Å². The van der Waals surface area contributed by atoms with Crippen molar-refractivity contribution < 1.29 is 0 Å². The second-order valence-electron chi connectivity index (χ2n) is 5.90. The highest BCUT2D eigenvalue weighted by Crippen LogP contribution is 2.34. The van der Waals surface area contributed by atoms with E-state index < -0.39 is 0 Å². The zero-order chi connectivity index (χ0) is 14.8. The summed E-state index contributed by atoms with van der Waals surface area (Å²) in [6.07, 6.45) is 3.19. The SMILES string of the molecule is C=C(C)C[C@H](c1c[nH]c2ccc(Br)cc12)N1CCNCC1.Cl.Cl. The van der Waals surface area contributed by atoms with Gasteiger partial charge in [0.2, 0.25) is 0 Å². The zero-order valence-corrected chi connectivity index (χ0v) is 16.5. The average molecular weight is 421 g/mol. The van der Waals surface area contributed by atoms with E-state index in [1.807, 2.05) is 0 Å². The van der Waals surface area contributed by atoms with Crippen LogP contribution in [0, 0.1) is 0 Å². The first kappa shape index (κ1) is 20.5. The van der Waals surface area contributed by atoms with Crippen LogP contribution in [0.2, 0.25) is 0 Å². The Kier molecular flexibility index (Phi) is 8.11. The Hall–Kier alpha value is -0.520. The van der Waals surface area contributed by atoms with Gasteiger partial charge in [-0.1, -0.05) is 21.5 Å². The number of rotatable bonds is 4. The van der Waals surface area contributed by atoms with Crippen molar-refractivity contribution in [1.82, 2.24) is 15.2 Å². The molecule has 128 valence electrons. The van der Waals surface area contributed by atoms with Gasteiger partial charge in [0.1, 0.15) is 0 Å². The van der Waals surface area contributed by atoms with E-state index in [0.717, 1.165) is 37.1 Å². The molecule has 1 fully saturated rings. The summed E-state index contributed by atoms with van der Waals surface area (Å²) < 4.78 is 1.13. The largest absolute Gasteiger partial charge is 0.361 e. The van der Waals surface area contributed by atoms with Gasteiger partial charge in [-0.15, -0.1) is 31.4 Å². The standard InChI is InChI=1S/C17H22BrN3.2ClH/c1-12(2)9-17(21-7-5-19-6-8-21)15-11-20-16-4-3-13(18)10-14(15)16;;/h3-4,10-11,17,19-20H,1,5-9H2,2H3;2*1H/t17-;;/m1../s1. The third-order valence-electron chi connectivity index (χ3n) is 4.17. The molecule has 3 nitrogen and oxygen atoms in total. The Labute approximate surface area is 158 Å². The summed E-state index contributed by atoms with van der Waals surface area (Å²) in [5.74, 6) is 0. The molecule has 1 aliphatic heterocycles. The van der Waals surface area contributed by atoms with Crippen LogP contribution in [0.25, 0.3) is 10.9 Å². The van der Waals surface area contributed by atoms with Gasteiger partial charge < -0.3 is 10.3 Å². The molecule has 1 atom stereocenters. The van der Waals surface area contributed by atoms with Gasteiger partial charge in [-0.05, 0) is 37.1 Å². The maximum absolute atomic E-state index is 4.14. The minimum Gasteiger partial charge on any atom is -0.361 e. The monoisotopic (exact) mass is 419 g/mol. The summed E-state index contributed by atoms with van der Waals surface area (Å²) in [5.41, 5.74) is 3.83. The van der Waals surface area contributed by atoms with E-state index in [4.69, 9.17) is 0 Å². The van der Waals surface area contributed by atoms with E-state index in [1.165, 1.54) is 22.0 Å². The van der Waals surface area contributed by atoms with Crippen molar-refractivity contribution in [3.8, 4) is 0 Å². The quantitative estimate of drug-likeness (QED) is 0.703. The molecule has 23 heavy (non-hydrogen) atoms. The van der Waals surface area contributed by atoms with E-state index in [2.05, 4.69) is 69.0 Å². The minimum absolute atomic E-state index is 0. The molecular weight excluding hydrogens is 397 g/mol. The highest BCUT2D eigenvalue weighted by molar-refractivity contribution is 9.10. The summed E-state index contributed by atoms with van der Waals surface area (Å²) >= 11 is 3.59. The fourth-order valence-corrected chi connectivity index (χ4v) is 3.51. The van der Waals surface area contributed by atoms with Crippen molar-refractivity contribution in [2.24, 2.45) is 0 Å². The van der Waals surface area contributed by atoms with Crippen LogP contribution in [0.4, 0.5) is 0 Å². The Bertz CT molecular complexity index is 650. The number of hydrogen-bond donors (Lipinski definition) is 2. The average Bonchev–Trinajstić information content (AvgIpc) is 2.88. The van der Waals surface area contributed by atoms with Crippen LogP contribution >= 0.6 is 40.7 Å². The second-order valence-corrected chi connectivity index (χ2v) is 6.81. The molecule has 1 aromatic carbocycles. The van der Waals surface area contributed by atoms with Gasteiger partial charge in [-0.25, -0.2) is 0 Å². The second kappa shape index (κ2) is 9.09. The van der Waals surface area contributed by atoms with Gasteiger partial charge in [0.15, 0.2) is 0 Å². The number of H-pyrrole nitrogens is 1. The highest BCUT2D eigenvalue weighted by Gasteiger charge is 2.24. The predicted molar refractivity (Wildman–Crippen MR) is 107 cm³/mol. The molecule has 0 amide bonds. The number of nitrogens with one attached hydrogen (secondary N) is 2. The lowest BCUT2D eigenvalue weighted by Gasteiger charge is -2.35. The number of halogens is 3. The van der Waals surface area contributed by atoms with Crippen LogP contribution in [0.15, 0.2) is 41.0 Å². The molecule has 1 aromatic heterocycles. The van der Waals surface area contributed by atoms with E-state index in [1.54, 1.807) is 0 Å². The Morgan fingerprint density at radius 1 is 1.30 bits per heavy atom. The molecule has 2 N–H and O–H groups in total. The van der Waals surface area contributed by atoms with Crippen LogP contribution in [0.5, 0.6) is 0 Å². The lowest BCUT2D eigenvalue weighted by atomic mass is 9.97. The maximum atomic E-state index is 4.14. The van der Waals surface area contributed by atoms with E-state index in [0.29, 0.717) is 6.04 Å². The minimum atomic E-state index is 0. The molecule has 6 heteroatoms. The lowest BCUT2D eigenvalue weighted by Crippen LogP contribution is -2.45. The van der Waals surface area contributed by atoms with Gasteiger partial charge in [0, 0.05) is 53.8 Å². The fraction of sp³-hybridized carbons (Fsp3) is 0.412. The number of piperazine rings is 1. The molecule has 0 bridgehead atoms. The summed E-state index contributed by atoms with van der Waals surface area (Å²) in [6, 6.07) is 6.85. The van der Waals surface area contributed by atoms with Crippen LogP contribution in [-0.2, 0) is 0 Å². The molecule has 2 aromatic rings. The Morgan fingerprint density at radius 3 is 2.65 bits per heavy atom. The fourth-order valence-electron chi connectivity index (χ4n) is 3.15. The van der Waals surface area contributed by atoms with Crippen LogP contribution in [0.1, 0.15) is 24.9 Å². The molecule has 0 unspecified atom stereocenters. The topological polar surface area (TPSA) is 31.1 Å². The van der Waals surface area contributed by atoms with Crippen molar-refractivity contribution in [3.05, 3.63) is 46.6 Å². The third-order valence-corrected chi connectivity index (χ3v) is 4.66. The normalized spacial score (nSPS) is 16.4. The molecule has 0 spiro atoms. The number of nitrogens with zero attached hydrogens (tertiary/aromatic N) is 1. The summed E-state index contributed by atoms with van der Waals surface area (Å²) in [7, 11) is 0. The third kappa shape index (κ3) is 4.74. The van der Waals surface area contributed by atoms with E-state index >= 15 is 0 Å². The summed E-state index contributed by atoms with van der Waals surface area (Å²) in [6.45, 7) is 10.6. The summed E-state index contributed by atoms with van der Waals surface area (Å²) in [4.78, 5) is 5.99. The number of fused-ring (bicyclic) bond motifs is 1. The maximum Gasteiger partial charge on any atom is 0.0458 e. The molecule has 1 aliphatic rings. The first-order chi connectivity index (χ1) is 10.1. The predicted octanol–water partition coefficient (Wildman–Crippen LogP) is 4.69. The first-order valence-corrected chi connectivity index (χ1v) is 8.30. The van der Waals surface area contributed by atoms with Gasteiger partial charge in [-0.2, -0.15) is 0 Å². The van der Waals surface area contributed by atoms with Gasteiger partial charge >= 0.3 is 0 Å². The smallest absolute Gasteiger partial charge is 0.0458 e.